The second kappa shape index (κ2) is 8.11. The number of amides is 2. The number of benzene rings is 1. The number of rotatable bonds is 5. The van der Waals surface area contributed by atoms with Crippen molar-refractivity contribution in [3.63, 3.8) is 0 Å². The molecule has 0 aliphatic carbocycles. The Bertz CT molecular complexity index is 524. The molecule has 1 fully saturated rings. The third-order valence-electron chi connectivity index (χ3n) is 4.58. The van der Waals surface area contributed by atoms with E-state index >= 15 is 0 Å². The topological polar surface area (TPSA) is 69.6 Å². The van der Waals surface area contributed by atoms with Crippen molar-refractivity contribution in [3.05, 3.63) is 35.9 Å². The van der Waals surface area contributed by atoms with E-state index in [9.17, 15) is 14.7 Å². The predicted molar refractivity (Wildman–Crippen MR) is 89.0 cm³/mol. The van der Waals surface area contributed by atoms with Gasteiger partial charge in [0.2, 0.25) is 5.91 Å². The van der Waals surface area contributed by atoms with Gasteiger partial charge < -0.3 is 15.3 Å². The van der Waals surface area contributed by atoms with Crippen LogP contribution in [-0.4, -0.2) is 47.1 Å². The largest absolute Gasteiger partial charge is 0.393 e. The van der Waals surface area contributed by atoms with Gasteiger partial charge in [0, 0.05) is 18.7 Å². The summed E-state index contributed by atoms with van der Waals surface area (Å²) in [6.45, 7) is 5.09. The molecule has 5 heteroatoms. The molecule has 0 bridgehead atoms. The zero-order valence-electron chi connectivity index (χ0n) is 13.9. The molecule has 2 unspecified atom stereocenters. The van der Waals surface area contributed by atoms with Crippen LogP contribution in [0.5, 0.6) is 0 Å². The third kappa shape index (κ3) is 4.55. The van der Waals surface area contributed by atoms with Gasteiger partial charge in [0.05, 0.1) is 6.10 Å². The van der Waals surface area contributed by atoms with Crippen molar-refractivity contribution < 1.29 is 14.7 Å². The van der Waals surface area contributed by atoms with E-state index in [2.05, 4.69) is 5.32 Å². The van der Waals surface area contributed by atoms with Crippen molar-refractivity contribution in [1.82, 2.24) is 10.2 Å². The maximum Gasteiger partial charge on any atom is 0.251 e. The standard InChI is InChI=1S/C18H26N2O3/c1-3-13(2)16(18(23)20-11-9-15(21)10-12-20)19-17(22)14-7-5-4-6-8-14/h4-8,13,15-16,21H,3,9-12H2,1-2H3,(H,19,22). The summed E-state index contributed by atoms with van der Waals surface area (Å²) in [6, 6.07) is 8.42. The molecule has 0 radical (unpaired) electrons. The van der Waals surface area contributed by atoms with Gasteiger partial charge in [0.25, 0.3) is 5.91 Å². The van der Waals surface area contributed by atoms with E-state index in [4.69, 9.17) is 0 Å². The highest BCUT2D eigenvalue weighted by Crippen LogP contribution is 2.16. The van der Waals surface area contributed by atoms with Crippen LogP contribution in [0.25, 0.3) is 0 Å². The second-order valence-electron chi connectivity index (χ2n) is 6.26. The van der Waals surface area contributed by atoms with Crippen LogP contribution in [-0.2, 0) is 4.79 Å². The molecule has 126 valence electrons. The molecule has 2 rings (SSSR count). The summed E-state index contributed by atoms with van der Waals surface area (Å²) in [5.41, 5.74) is 0.558. The molecule has 0 spiro atoms. The van der Waals surface area contributed by atoms with Crippen molar-refractivity contribution in [1.29, 1.82) is 0 Å². The first-order valence-electron chi connectivity index (χ1n) is 8.35. The quantitative estimate of drug-likeness (QED) is 0.870. The van der Waals surface area contributed by atoms with Crippen LogP contribution >= 0.6 is 0 Å². The van der Waals surface area contributed by atoms with E-state index in [0.29, 0.717) is 31.5 Å². The Morgan fingerprint density at radius 2 is 1.87 bits per heavy atom. The van der Waals surface area contributed by atoms with Crippen LogP contribution < -0.4 is 5.32 Å². The summed E-state index contributed by atoms with van der Waals surface area (Å²) < 4.78 is 0. The summed E-state index contributed by atoms with van der Waals surface area (Å²) in [6.07, 6.45) is 1.69. The van der Waals surface area contributed by atoms with E-state index in [1.165, 1.54) is 0 Å². The van der Waals surface area contributed by atoms with Gasteiger partial charge >= 0.3 is 0 Å². The lowest BCUT2D eigenvalue weighted by Gasteiger charge is -2.34. The predicted octanol–water partition coefficient (Wildman–Crippen LogP) is 1.81. The number of carbonyl (C=O) groups is 2. The average molecular weight is 318 g/mol. The van der Waals surface area contributed by atoms with Crippen molar-refractivity contribution in [2.75, 3.05) is 13.1 Å². The lowest BCUT2D eigenvalue weighted by molar-refractivity contribution is -0.136. The lowest BCUT2D eigenvalue weighted by atomic mass is 9.96. The molecule has 1 aliphatic heterocycles. The van der Waals surface area contributed by atoms with E-state index in [1.54, 1.807) is 29.2 Å². The van der Waals surface area contributed by atoms with E-state index in [0.717, 1.165) is 6.42 Å². The minimum Gasteiger partial charge on any atom is -0.393 e. The van der Waals surface area contributed by atoms with Gasteiger partial charge in [-0.25, -0.2) is 0 Å². The van der Waals surface area contributed by atoms with Gasteiger partial charge in [-0.15, -0.1) is 0 Å². The molecule has 1 aromatic rings. The Hall–Kier alpha value is -1.88. The van der Waals surface area contributed by atoms with Crippen LogP contribution in [0.15, 0.2) is 30.3 Å². The maximum atomic E-state index is 12.8. The van der Waals surface area contributed by atoms with E-state index in [1.807, 2.05) is 19.9 Å². The lowest BCUT2D eigenvalue weighted by Crippen LogP contribution is -2.53. The SMILES string of the molecule is CCC(C)C(NC(=O)c1ccccc1)C(=O)N1CCC(O)CC1. The van der Waals surface area contributed by atoms with Crippen molar-refractivity contribution in [2.24, 2.45) is 5.92 Å². The number of nitrogens with zero attached hydrogens (tertiary/aromatic N) is 1. The van der Waals surface area contributed by atoms with Crippen molar-refractivity contribution in [3.8, 4) is 0 Å². The minimum atomic E-state index is -0.525. The molecule has 2 amide bonds. The molecule has 5 nitrogen and oxygen atoms in total. The molecule has 2 N–H and O–H groups in total. The highest BCUT2D eigenvalue weighted by atomic mass is 16.3. The Labute approximate surface area is 137 Å². The van der Waals surface area contributed by atoms with Crippen LogP contribution in [0, 0.1) is 5.92 Å². The molecule has 1 saturated heterocycles. The summed E-state index contributed by atoms with van der Waals surface area (Å²) in [4.78, 5) is 27.0. The molecular weight excluding hydrogens is 292 g/mol. The number of hydrogen-bond donors (Lipinski definition) is 2. The highest BCUT2D eigenvalue weighted by molar-refractivity contribution is 5.97. The molecular formula is C18H26N2O3. The Balaban J connectivity index is 2.07. The van der Waals surface area contributed by atoms with Gasteiger partial charge in [-0.3, -0.25) is 9.59 Å². The minimum absolute atomic E-state index is 0.0458. The number of aliphatic hydroxyl groups is 1. The molecule has 2 atom stereocenters. The molecule has 0 saturated carbocycles. The summed E-state index contributed by atoms with van der Waals surface area (Å²) in [7, 11) is 0. The van der Waals surface area contributed by atoms with Gasteiger partial charge in [0.1, 0.15) is 6.04 Å². The second-order valence-corrected chi connectivity index (χ2v) is 6.26. The highest BCUT2D eigenvalue weighted by Gasteiger charge is 2.31. The van der Waals surface area contributed by atoms with Crippen LogP contribution in [0.3, 0.4) is 0 Å². The molecule has 1 heterocycles. The smallest absolute Gasteiger partial charge is 0.251 e. The Morgan fingerprint density at radius 1 is 1.26 bits per heavy atom. The fourth-order valence-corrected chi connectivity index (χ4v) is 2.78. The Morgan fingerprint density at radius 3 is 2.43 bits per heavy atom. The Kier molecular flexibility index (Phi) is 6.16. The number of carbonyl (C=O) groups excluding carboxylic acids is 2. The first-order chi connectivity index (χ1) is 11.0. The van der Waals surface area contributed by atoms with Gasteiger partial charge in [0.15, 0.2) is 0 Å². The fourth-order valence-electron chi connectivity index (χ4n) is 2.78. The van der Waals surface area contributed by atoms with Crippen molar-refractivity contribution >= 4 is 11.8 Å². The molecule has 0 aromatic heterocycles. The molecule has 23 heavy (non-hydrogen) atoms. The van der Waals surface area contributed by atoms with E-state index < -0.39 is 6.04 Å². The third-order valence-corrected chi connectivity index (χ3v) is 4.58. The monoisotopic (exact) mass is 318 g/mol. The molecule has 1 aliphatic rings. The van der Waals surface area contributed by atoms with Gasteiger partial charge in [-0.2, -0.15) is 0 Å². The normalized spacial score (nSPS) is 18.3. The van der Waals surface area contributed by atoms with Gasteiger partial charge in [-0.1, -0.05) is 38.5 Å². The zero-order valence-corrected chi connectivity index (χ0v) is 13.9. The van der Waals surface area contributed by atoms with Crippen molar-refractivity contribution in [2.45, 2.75) is 45.3 Å². The summed E-state index contributed by atoms with van der Waals surface area (Å²) in [5, 5.41) is 12.5. The number of likely N-dealkylation sites (tertiary alicyclic amines) is 1. The van der Waals surface area contributed by atoms with Crippen LogP contribution in [0.2, 0.25) is 0 Å². The number of hydrogen-bond acceptors (Lipinski definition) is 3. The van der Waals surface area contributed by atoms with Crippen LogP contribution in [0.4, 0.5) is 0 Å². The van der Waals surface area contributed by atoms with Crippen LogP contribution in [0.1, 0.15) is 43.5 Å². The first kappa shape index (κ1) is 17.5. The number of piperidine rings is 1. The zero-order chi connectivity index (χ0) is 16.8. The van der Waals surface area contributed by atoms with Gasteiger partial charge in [-0.05, 0) is 30.9 Å². The number of nitrogens with one attached hydrogen (secondary N) is 1. The van der Waals surface area contributed by atoms with E-state index in [-0.39, 0.29) is 23.8 Å². The fraction of sp³-hybridized carbons (Fsp3) is 0.556. The first-order valence-corrected chi connectivity index (χ1v) is 8.35. The summed E-state index contributed by atoms with van der Waals surface area (Å²) >= 11 is 0. The average Bonchev–Trinajstić information content (AvgIpc) is 2.59. The molecule has 1 aromatic carbocycles. The summed E-state index contributed by atoms with van der Waals surface area (Å²) in [5.74, 6) is -0.209. The number of aliphatic hydroxyl groups excluding tert-OH is 1. The maximum absolute atomic E-state index is 12.8.